The van der Waals surface area contributed by atoms with E-state index in [9.17, 15) is 15.0 Å². The summed E-state index contributed by atoms with van der Waals surface area (Å²) >= 11 is 1.60. The number of hydrogen-bond donors (Lipinski definition) is 2. The van der Waals surface area contributed by atoms with Crippen LogP contribution in [0.15, 0.2) is 83.8 Å². The van der Waals surface area contributed by atoms with Crippen LogP contribution >= 0.6 is 11.8 Å². The molecule has 0 aliphatic rings. The zero-order chi connectivity index (χ0) is 18.5. The minimum absolute atomic E-state index is 0.582. The molecule has 2 N–H and O–H groups in total. The van der Waals surface area contributed by atoms with Crippen molar-refractivity contribution in [2.24, 2.45) is 0 Å². The lowest BCUT2D eigenvalue weighted by Crippen LogP contribution is -2.20. The van der Waals surface area contributed by atoms with E-state index in [4.69, 9.17) is 0 Å². The van der Waals surface area contributed by atoms with Crippen LogP contribution in [0, 0.1) is 0 Å². The van der Waals surface area contributed by atoms with Crippen LogP contribution in [-0.2, 0) is 4.79 Å². The molecule has 3 aromatic carbocycles. The zero-order valence-electron chi connectivity index (χ0n) is 14.4. The molecule has 0 saturated carbocycles. The van der Waals surface area contributed by atoms with Crippen LogP contribution in [0.3, 0.4) is 0 Å². The highest BCUT2D eigenvalue weighted by molar-refractivity contribution is 7.98. The summed E-state index contributed by atoms with van der Waals surface area (Å²) < 4.78 is 0. The van der Waals surface area contributed by atoms with E-state index in [0.717, 1.165) is 16.0 Å². The summed E-state index contributed by atoms with van der Waals surface area (Å²) in [6, 6.07) is 24.6. The Kier molecular flexibility index (Phi) is 5.76. The fourth-order valence-corrected chi connectivity index (χ4v) is 3.38. The summed E-state index contributed by atoms with van der Waals surface area (Å²) in [5, 5.41) is 20.3. The predicted molar refractivity (Wildman–Crippen MR) is 105 cm³/mol. The Labute approximate surface area is 157 Å². The second-order valence-corrected chi connectivity index (χ2v) is 6.90. The molecule has 3 nitrogen and oxygen atoms in total. The molecular weight excluding hydrogens is 344 g/mol. The molecule has 0 unspecified atom stereocenters. The van der Waals surface area contributed by atoms with E-state index in [2.05, 4.69) is 0 Å². The molecule has 0 aliphatic heterocycles. The van der Waals surface area contributed by atoms with Crippen molar-refractivity contribution in [3.8, 4) is 11.1 Å². The summed E-state index contributed by atoms with van der Waals surface area (Å²) in [4.78, 5) is 12.9. The number of rotatable bonds is 6. The van der Waals surface area contributed by atoms with Crippen LogP contribution < -0.4 is 0 Å². The van der Waals surface area contributed by atoms with Crippen molar-refractivity contribution in [2.45, 2.75) is 16.9 Å². The van der Waals surface area contributed by atoms with Gasteiger partial charge in [0.05, 0.1) is 6.10 Å². The van der Waals surface area contributed by atoms with Crippen LogP contribution in [0.4, 0.5) is 0 Å². The molecule has 132 valence electrons. The zero-order valence-corrected chi connectivity index (χ0v) is 15.2. The van der Waals surface area contributed by atoms with Crippen molar-refractivity contribution in [1.29, 1.82) is 0 Å². The van der Waals surface area contributed by atoms with Crippen molar-refractivity contribution in [2.75, 3.05) is 6.26 Å². The normalized spacial score (nSPS) is 13.2. The van der Waals surface area contributed by atoms with Crippen molar-refractivity contribution in [3.05, 3.63) is 90.0 Å². The average molecular weight is 364 g/mol. The molecule has 0 aliphatic carbocycles. The quantitative estimate of drug-likeness (QED) is 0.606. The maximum atomic E-state index is 11.8. The van der Waals surface area contributed by atoms with Gasteiger partial charge in [0.25, 0.3) is 0 Å². The molecule has 4 heteroatoms. The Morgan fingerprint density at radius 2 is 1.35 bits per heavy atom. The topological polar surface area (TPSA) is 57.5 Å². The summed E-state index contributed by atoms with van der Waals surface area (Å²) in [5.41, 5.74) is 3.26. The van der Waals surface area contributed by atoms with Gasteiger partial charge in [0.2, 0.25) is 0 Å². The lowest BCUT2D eigenvalue weighted by Gasteiger charge is -2.20. The third kappa shape index (κ3) is 3.98. The number of thioether (sulfide) groups is 1. The van der Waals surface area contributed by atoms with Crippen molar-refractivity contribution < 1.29 is 15.0 Å². The second kappa shape index (κ2) is 8.21. The molecule has 0 saturated heterocycles. The fourth-order valence-electron chi connectivity index (χ4n) is 2.97. The minimum atomic E-state index is -1.11. The summed E-state index contributed by atoms with van der Waals surface area (Å²) in [6.45, 7) is 0. The van der Waals surface area contributed by atoms with Gasteiger partial charge in [0.15, 0.2) is 0 Å². The second-order valence-electron chi connectivity index (χ2n) is 6.02. The summed E-state index contributed by atoms with van der Waals surface area (Å²) in [5.74, 6) is -2.06. The highest BCUT2D eigenvalue weighted by Gasteiger charge is 2.29. The molecule has 26 heavy (non-hydrogen) atoms. The van der Waals surface area contributed by atoms with Gasteiger partial charge >= 0.3 is 5.97 Å². The fraction of sp³-hybridized carbons (Fsp3) is 0.136. The molecule has 0 radical (unpaired) electrons. The first kappa shape index (κ1) is 18.2. The first-order valence-corrected chi connectivity index (χ1v) is 9.53. The van der Waals surface area contributed by atoms with Gasteiger partial charge in [-0.15, -0.1) is 11.8 Å². The lowest BCUT2D eigenvalue weighted by atomic mass is 9.88. The van der Waals surface area contributed by atoms with Crippen molar-refractivity contribution in [3.63, 3.8) is 0 Å². The van der Waals surface area contributed by atoms with E-state index in [1.165, 1.54) is 0 Å². The number of carboxylic acids is 1. The number of benzene rings is 3. The summed E-state index contributed by atoms with van der Waals surface area (Å²) in [6.07, 6.45) is 0.866. The standard InChI is InChI=1S/C22H20O3S/c1-26-19-13-11-18(12-14-19)21(23)20(22(24)25)17-9-7-16(8-10-17)15-5-3-2-4-6-15/h2-14,20-21,23H,1H3,(H,24,25)/t20-,21+/m1/s1. The van der Waals surface area contributed by atoms with Crippen LogP contribution in [0.1, 0.15) is 23.1 Å². The smallest absolute Gasteiger partial charge is 0.314 e. The van der Waals surface area contributed by atoms with E-state index >= 15 is 0 Å². The lowest BCUT2D eigenvalue weighted by molar-refractivity contribution is -0.141. The molecular formula is C22H20O3S. The van der Waals surface area contributed by atoms with E-state index in [-0.39, 0.29) is 0 Å². The molecule has 0 spiro atoms. The number of aliphatic hydroxyl groups is 1. The number of carbonyl (C=O) groups is 1. The van der Waals surface area contributed by atoms with Gasteiger partial charge in [-0.25, -0.2) is 0 Å². The first-order chi connectivity index (χ1) is 12.6. The Bertz CT molecular complexity index is 858. The van der Waals surface area contributed by atoms with Crippen LogP contribution in [0.25, 0.3) is 11.1 Å². The van der Waals surface area contributed by atoms with Gasteiger partial charge in [-0.1, -0.05) is 66.7 Å². The minimum Gasteiger partial charge on any atom is -0.481 e. The Morgan fingerprint density at radius 1 is 0.808 bits per heavy atom. The molecule has 0 aromatic heterocycles. The molecule has 0 fully saturated rings. The molecule has 3 aromatic rings. The van der Waals surface area contributed by atoms with Gasteiger partial charge in [-0.05, 0) is 40.6 Å². The number of carboxylic acid groups (broad SMARTS) is 1. The average Bonchev–Trinajstić information content (AvgIpc) is 2.69. The highest BCUT2D eigenvalue weighted by atomic mass is 32.2. The van der Waals surface area contributed by atoms with E-state index < -0.39 is 18.0 Å². The van der Waals surface area contributed by atoms with Crippen LogP contribution in [0.2, 0.25) is 0 Å². The maximum Gasteiger partial charge on any atom is 0.314 e. The number of hydrogen-bond acceptors (Lipinski definition) is 3. The molecule has 0 heterocycles. The Balaban J connectivity index is 1.88. The predicted octanol–water partition coefficient (Wildman–Crippen LogP) is 4.98. The van der Waals surface area contributed by atoms with Crippen LogP contribution in [-0.4, -0.2) is 22.4 Å². The molecule has 2 atom stereocenters. The molecule has 3 rings (SSSR count). The summed E-state index contributed by atoms with van der Waals surface area (Å²) in [7, 11) is 0. The van der Waals surface area contributed by atoms with E-state index in [1.807, 2.05) is 60.9 Å². The third-order valence-electron chi connectivity index (χ3n) is 4.42. The maximum absolute atomic E-state index is 11.8. The highest BCUT2D eigenvalue weighted by Crippen LogP contribution is 2.33. The van der Waals surface area contributed by atoms with Crippen molar-refractivity contribution in [1.82, 2.24) is 0 Å². The van der Waals surface area contributed by atoms with Gasteiger partial charge in [0, 0.05) is 4.90 Å². The van der Waals surface area contributed by atoms with E-state index in [0.29, 0.717) is 11.1 Å². The number of aliphatic hydroxyl groups excluding tert-OH is 1. The van der Waals surface area contributed by atoms with E-state index in [1.54, 1.807) is 36.0 Å². The van der Waals surface area contributed by atoms with Gasteiger partial charge in [0.1, 0.15) is 5.92 Å². The SMILES string of the molecule is CSc1ccc([C@H](O)[C@H](C(=O)O)c2ccc(-c3ccccc3)cc2)cc1. The van der Waals surface area contributed by atoms with Gasteiger partial charge in [-0.2, -0.15) is 0 Å². The monoisotopic (exact) mass is 364 g/mol. The van der Waals surface area contributed by atoms with Crippen molar-refractivity contribution >= 4 is 17.7 Å². The molecule has 0 amide bonds. The Morgan fingerprint density at radius 3 is 1.88 bits per heavy atom. The van der Waals surface area contributed by atoms with Crippen LogP contribution in [0.5, 0.6) is 0 Å². The number of aliphatic carboxylic acids is 1. The van der Waals surface area contributed by atoms with Gasteiger partial charge < -0.3 is 10.2 Å². The first-order valence-electron chi connectivity index (χ1n) is 8.30. The van der Waals surface area contributed by atoms with Gasteiger partial charge in [-0.3, -0.25) is 4.79 Å². The third-order valence-corrected chi connectivity index (χ3v) is 5.16. The Hall–Kier alpha value is -2.56. The molecule has 0 bridgehead atoms. The largest absolute Gasteiger partial charge is 0.481 e.